The minimum Gasteiger partial charge on any atom is -0.479 e. The zero-order chi connectivity index (χ0) is 13.1. The molecule has 1 heterocycles. The lowest BCUT2D eigenvalue weighted by Gasteiger charge is -2.24. The molecule has 0 aliphatic carbocycles. The molecule has 0 aromatic heterocycles. The van der Waals surface area contributed by atoms with Crippen molar-refractivity contribution in [1.82, 2.24) is 4.90 Å². The molecule has 0 saturated carbocycles. The minimum atomic E-state index is -1.00. The highest BCUT2D eigenvalue weighted by Gasteiger charge is 2.37. The summed E-state index contributed by atoms with van der Waals surface area (Å²) in [7, 11) is 0. The van der Waals surface area contributed by atoms with Crippen LogP contribution in [-0.2, 0) is 9.59 Å². The lowest BCUT2D eigenvalue weighted by Crippen LogP contribution is -2.35. The van der Waals surface area contributed by atoms with Gasteiger partial charge in [-0.3, -0.25) is 4.79 Å². The molecule has 1 fully saturated rings. The van der Waals surface area contributed by atoms with Crippen LogP contribution in [0.5, 0.6) is 0 Å². The summed E-state index contributed by atoms with van der Waals surface area (Å²) < 4.78 is 0. The van der Waals surface area contributed by atoms with Gasteiger partial charge in [-0.25, -0.2) is 4.79 Å². The van der Waals surface area contributed by atoms with Crippen molar-refractivity contribution in [2.45, 2.75) is 12.5 Å². The van der Waals surface area contributed by atoms with Gasteiger partial charge in [0, 0.05) is 18.9 Å². The Balaban J connectivity index is 2.30. The largest absolute Gasteiger partial charge is 0.479 e. The number of carbonyl (C=O) groups excluding carboxylic acids is 1. The van der Waals surface area contributed by atoms with Crippen molar-refractivity contribution in [1.29, 1.82) is 0 Å². The van der Waals surface area contributed by atoms with Crippen LogP contribution in [0.4, 0.5) is 0 Å². The van der Waals surface area contributed by atoms with E-state index in [-0.39, 0.29) is 11.8 Å². The first-order chi connectivity index (χ1) is 8.63. The standard InChI is InChI=1S/C14H15NO3/c1-2-10-8-12(16)15(9-10)13(14(17)18)11-6-4-3-5-7-11/h2-7,10,13H,1,8-9H2,(H,17,18). The summed E-state index contributed by atoms with van der Waals surface area (Å²) in [5.41, 5.74) is 0.628. The third-order valence-corrected chi connectivity index (χ3v) is 3.18. The molecule has 0 bridgehead atoms. The maximum Gasteiger partial charge on any atom is 0.331 e. The van der Waals surface area contributed by atoms with Gasteiger partial charge in [0.25, 0.3) is 0 Å². The number of hydrogen-bond acceptors (Lipinski definition) is 2. The van der Waals surface area contributed by atoms with Crippen LogP contribution in [0.3, 0.4) is 0 Å². The number of hydrogen-bond donors (Lipinski definition) is 1. The minimum absolute atomic E-state index is 0.0445. The molecule has 1 aromatic rings. The van der Waals surface area contributed by atoms with Crippen molar-refractivity contribution < 1.29 is 14.7 Å². The zero-order valence-electron chi connectivity index (χ0n) is 9.95. The third-order valence-electron chi connectivity index (χ3n) is 3.18. The lowest BCUT2D eigenvalue weighted by molar-refractivity contribution is -0.148. The number of carbonyl (C=O) groups is 2. The Morgan fingerprint density at radius 1 is 1.44 bits per heavy atom. The highest BCUT2D eigenvalue weighted by molar-refractivity contribution is 5.86. The number of aliphatic carboxylic acids is 1. The smallest absolute Gasteiger partial charge is 0.331 e. The van der Waals surface area contributed by atoms with Gasteiger partial charge in [0.15, 0.2) is 6.04 Å². The molecular weight excluding hydrogens is 230 g/mol. The van der Waals surface area contributed by atoms with E-state index in [9.17, 15) is 14.7 Å². The van der Waals surface area contributed by atoms with E-state index in [1.165, 1.54) is 4.90 Å². The van der Waals surface area contributed by atoms with E-state index in [0.29, 0.717) is 18.5 Å². The highest BCUT2D eigenvalue weighted by atomic mass is 16.4. The van der Waals surface area contributed by atoms with E-state index in [0.717, 1.165) is 0 Å². The van der Waals surface area contributed by atoms with Gasteiger partial charge in [0.2, 0.25) is 5.91 Å². The van der Waals surface area contributed by atoms with Crippen LogP contribution in [0.2, 0.25) is 0 Å². The van der Waals surface area contributed by atoms with Gasteiger partial charge in [0.05, 0.1) is 0 Å². The normalized spacial score (nSPS) is 20.8. The topological polar surface area (TPSA) is 57.6 Å². The number of amides is 1. The van der Waals surface area contributed by atoms with Gasteiger partial charge >= 0.3 is 5.97 Å². The molecule has 0 radical (unpaired) electrons. The van der Waals surface area contributed by atoms with Crippen molar-refractivity contribution >= 4 is 11.9 Å². The molecule has 18 heavy (non-hydrogen) atoms. The van der Waals surface area contributed by atoms with E-state index in [1.54, 1.807) is 30.3 Å². The van der Waals surface area contributed by atoms with Gasteiger partial charge in [-0.05, 0) is 5.56 Å². The number of carboxylic acids is 1. The van der Waals surface area contributed by atoms with Crippen molar-refractivity contribution in [3.05, 3.63) is 48.6 Å². The fourth-order valence-corrected chi connectivity index (χ4v) is 2.26. The predicted molar refractivity (Wildman–Crippen MR) is 66.8 cm³/mol. The quantitative estimate of drug-likeness (QED) is 0.823. The van der Waals surface area contributed by atoms with E-state index in [4.69, 9.17) is 0 Å². The summed E-state index contributed by atoms with van der Waals surface area (Å²) in [6.07, 6.45) is 2.06. The second kappa shape index (κ2) is 5.04. The molecule has 4 nitrogen and oxygen atoms in total. The van der Waals surface area contributed by atoms with Crippen molar-refractivity contribution in [2.24, 2.45) is 5.92 Å². The maximum absolute atomic E-state index is 11.9. The van der Waals surface area contributed by atoms with Crippen LogP contribution >= 0.6 is 0 Å². The van der Waals surface area contributed by atoms with Crippen LogP contribution in [0.1, 0.15) is 18.0 Å². The molecule has 1 aliphatic rings. The number of likely N-dealkylation sites (tertiary alicyclic amines) is 1. The second-order valence-electron chi connectivity index (χ2n) is 4.40. The average molecular weight is 245 g/mol. The van der Waals surface area contributed by atoms with Crippen LogP contribution in [-0.4, -0.2) is 28.4 Å². The van der Waals surface area contributed by atoms with Crippen molar-refractivity contribution in [3.8, 4) is 0 Å². The van der Waals surface area contributed by atoms with Crippen molar-refractivity contribution in [3.63, 3.8) is 0 Å². The van der Waals surface area contributed by atoms with Gasteiger partial charge in [-0.15, -0.1) is 6.58 Å². The summed E-state index contributed by atoms with van der Waals surface area (Å²) >= 11 is 0. The molecule has 1 aliphatic heterocycles. The Hall–Kier alpha value is -2.10. The van der Waals surface area contributed by atoms with E-state index < -0.39 is 12.0 Å². The summed E-state index contributed by atoms with van der Waals surface area (Å²) in [5, 5.41) is 9.34. The van der Waals surface area contributed by atoms with Gasteiger partial charge in [-0.2, -0.15) is 0 Å². The van der Waals surface area contributed by atoms with Gasteiger partial charge in [0.1, 0.15) is 0 Å². The Bertz CT molecular complexity index is 469. The number of nitrogens with zero attached hydrogens (tertiary/aromatic N) is 1. The van der Waals surface area contributed by atoms with E-state index in [1.807, 2.05) is 6.07 Å². The fraction of sp³-hybridized carbons (Fsp3) is 0.286. The Labute approximate surface area is 106 Å². The summed E-state index contributed by atoms with van der Waals surface area (Å²) in [5.74, 6) is -1.08. The van der Waals surface area contributed by atoms with Crippen LogP contribution in [0.25, 0.3) is 0 Å². The first-order valence-corrected chi connectivity index (χ1v) is 5.83. The summed E-state index contributed by atoms with van der Waals surface area (Å²) in [6, 6.07) is 7.93. The average Bonchev–Trinajstić information content (AvgIpc) is 2.72. The van der Waals surface area contributed by atoms with Crippen molar-refractivity contribution in [2.75, 3.05) is 6.54 Å². The van der Waals surface area contributed by atoms with Crippen LogP contribution < -0.4 is 0 Å². The molecule has 1 aromatic carbocycles. The molecule has 2 unspecified atom stereocenters. The first-order valence-electron chi connectivity index (χ1n) is 5.83. The number of rotatable bonds is 4. The molecule has 2 rings (SSSR count). The zero-order valence-corrected chi connectivity index (χ0v) is 9.95. The highest BCUT2D eigenvalue weighted by Crippen LogP contribution is 2.29. The van der Waals surface area contributed by atoms with Crippen LogP contribution in [0, 0.1) is 5.92 Å². The first kappa shape index (κ1) is 12.4. The summed E-state index contributed by atoms with van der Waals surface area (Å²) in [4.78, 5) is 24.7. The molecule has 0 spiro atoms. The monoisotopic (exact) mass is 245 g/mol. The molecule has 2 atom stereocenters. The maximum atomic E-state index is 11.9. The van der Waals surface area contributed by atoms with E-state index in [2.05, 4.69) is 6.58 Å². The Morgan fingerprint density at radius 3 is 2.61 bits per heavy atom. The van der Waals surface area contributed by atoms with E-state index >= 15 is 0 Å². The molecular formula is C14H15NO3. The number of benzene rings is 1. The molecule has 1 saturated heterocycles. The molecule has 1 N–H and O–H groups in total. The number of carboxylic acid groups (broad SMARTS) is 1. The SMILES string of the molecule is C=CC1CC(=O)N(C(C(=O)O)c2ccccc2)C1. The van der Waals surface area contributed by atoms with Crippen LogP contribution in [0.15, 0.2) is 43.0 Å². The summed E-state index contributed by atoms with van der Waals surface area (Å²) in [6.45, 7) is 4.09. The molecule has 1 amide bonds. The molecule has 94 valence electrons. The van der Waals surface area contributed by atoms with Gasteiger partial charge < -0.3 is 10.0 Å². The molecule has 4 heteroatoms. The Morgan fingerprint density at radius 2 is 2.11 bits per heavy atom. The predicted octanol–water partition coefficient (Wildman–Crippen LogP) is 1.85. The Kier molecular flexibility index (Phi) is 3.46. The van der Waals surface area contributed by atoms with Gasteiger partial charge in [-0.1, -0.05) is 36.4 Å². The fourth-order valence-electron chi connectivity index (χ4n) is 2.26. The third kappa shape index (κ3) is 2.27. The lowest BCUT2D eigenvalue weighted by atomic mass is 10.1. The second-order valence-corrected chi connectivity index (χ2v) is 4.40.